The average Bonchev–Trinajstić information content (AvgIpc) is 3.01. The molecule has 3 heteroatoms. The summed E-state index contributed by atoms with van der Waals surface area (Å²) in [7, 11) is 0. The third-order valence-electron chi connectivity index (χ3n) is 8.98. The fourth-order valence-corrected chi connectivity index (χ4v) is 6.21. The molecule has 256 valence electrons. The quantitative estimate of drug-likeness (QED) is 0.0551. The zero-order valence-corrected chi connectivity index (χ0v) is 29.4. The van der Waals surface area contributed by atoms with Gasteiger partial charge in [-0.15, -0.1) is 0 Å². The molecule has 0 aromatic heterocycles. The van der Waals surface area contributed by atoms with E-state index in [9.17, 15) is 0 Å². The molecule has 0 saturated heterocycles. The first-order valence-corrected chi connectivity index (χ1v) is 19.5. The van der Waals surface area contributed by atoms with Crippen LogP contribution in [0.15, 0.2) is 24.3 Å². The van der Waals surface area contributed by atoms with Crippen LogP contribution < -0.4 is 0 Å². The maximum absolute atomic E-state index is 8.78. The minimum atomic E-state index is 0.180. The molecule has 0 spiro atoms. The number of unbranched alkanes of at least 4 members (excludes halogenated alkanes) is 22. The van der Waals surface area contributed by atoms with Gasteiger partial charge in [0.2, 0.25) is 0 Å². The Hall–Kier alpha value is -0.640. The van der Waals surface area contributed by atoms with Crippen LogP contribution in [0.2, 0.25) is 0 Å². The fraction of sp³-hybridized carbons (Fsp3) is 0.900. The molecule has 2 unspecified atom stereocenters. The molecule has 0 aliphatic heterocycles. The number of aliphatic hydroxyl groups excluding tert-OH is 2. The van der Waals surface area contributed by atoms with E-state index in [1.165, 1.54) is 180 Å². The van der Waals surface area contributed by atoms with E-state index in [0.29, 0.717) is 12.2 Å². The number of aliphatic hydroxyl groups is 2. The van der Waals surface area contributed by atoms with Crippen LogP contribution in [-0.2, 0) is 4.74 Å². The van der Waals surface area contributed by atoms with E-state index in [-0.39, 0.29) is 13.2 Å². The summed E-state index contributed by atoms with van der Waals surface area (Å²) in [5, 5.41) is 17.6. The summed E-state index contributed by atoms with van der Waals surface area (Å²) >= 11 is 0. The normalized spacial score (nSPS) is 13.5. The van der Waals surface area contributed by atoms with Gasteiger partial charge in [-0.1, -0.05) is 179 Å². The molecular formula is C40H78O3. The molecule has 0 radical (unpaired) electrons. The first-order chi connectivity index (χ1) is 21.3. The molecule has 0 heterocycles. The smallest absolute Gasteiger partial charge is 0.0612 e. The van der Waals surface area contributed by atoms with Crippen molar-refractivity contribution in [2.24, 2.45) is 0 Å². The van der Waals surface area contributed by atoms with Gasteiger partial charge in [0, 0.05) is 0 Å². The summed E-state index contributed by atoms with van der Waals surface area (Å²) in [6.45, 7) is 4.99. The largest absolute Gasteiger partial charge is 0.392 e. The number of hydrogen-bond donors (Lipinski definition) is 2. The van der Waals surface area contributed by atoms with Crippen LogP contribution >= 0.6 is 0 Å². The van der Waals surface area contributed by atoms with E-state index in [0.717, 1.165) is 12.8 Å². The van der Waals surface area contributed by atoms with Gasteiger partial charge in [-0.05, 0) is 51.4 Å². The molecule has 0 amide bonds. The van der Waals surface area contributed by atoms with E-state index < -0.39 is 0 Å². The van der Waals surface area contributed by atoms with Crippen molar-refractivity contribution >= 4 is 0 Å². The maximum atomic E-state index is 8.78. The molecule has 0 aliphatic carbocycles. The minimum absolute atomic E-state index is 0.180. The van der Waals surface area contributed by atoms with Gasteiger partial charge in [0.15, 0.2) is 0 Å². The Bertz CT molecular complexity index is 510. The predicted molar refractivity (Wildman–Crippen MR) is 191 cm³/mol. The van der Waals surface area contributed by atoms with Crippen LogP contribution in [0.25, 0.3) is 0 Å². The summed E-state index contributed by atoms with van der Waals surface area (Å²) in [6.07, 6.45) is 48.7. The molecule has 0 saturated carbocycles. The molecule has 0 aromatic carbocycles. The van der Waals surface area contributed by atoms with Gasteiger partial charge in [0.1, 0.15) is 0 Å². The monoisotopic (exact) mass is 607 g/mol. The lowest BCUT2D eigenvalue weighted by Gasteiger charge is -2.26. The van der Waals surface area contributed by atoms with Crippen molar-refractivity contribution in [3.8, 4) is 0 Å². The van der Waals surface area contributed by atoms with E-state index in [2.05, 4.69) is 26.0 Å². The molecule has 0 aromatic rings. The van der Waals surface area contributed by atoms with Crippen molar-refractivity contribution in [3.05, 3.63) is 24.3 Å². The number of allylic oxidation sites excluding steroid dienone is 2. The van der Waals surface area contributed by atoms with Crippen LogP contribution in [0.5, 0.6) is 0 Å². The third-order valence-corrected chi connectivity index (χ3v) is 8.98. The highest BCUT2D eigenvalue weighted by atomic mass is 16.5. The molecule has 43 heavy (non-hydrogen) atoms. The van der Waals surface area contributed by atoms with Gasteiger partial charge in [0.05, 0.1) is 25.4 Å². The Morgan fingerprint density at radius 2 is 0.651 bits per heavy atom. The van der Waals surface area contributed by atoms with Gasteiger partial charge in [-0.3, -0.25) is 0 Å². The Morgan fingerprint density at radius 3 is 0.953 bits per heavy atom. The second-order valence-corrected chi connectivity index (χ2v) is 13.2. The van der Waals surface area contributed by atoms with Crippen molar-refractivity contribution in [1.82, 2.24) is 0 Å². The molecule has 0 aliphatic rings. The van der Waals surface area contributed by atoms with Gasteiger partial charge in [-0.25, -0.2) is 0 Å². The van der Waals surface area contributed by atoms with Crippen molar-refractivity contribution < 1.29 is 14.9 Å². The lowest BCUT2D eigenvalue weighted by atomic mass is 10.00. The number of hydrogen-bond acceptors (Lipinski definition) is 3. The second kappa shape index (κ2) is 37.5. The Balaban J connectivity index is 4.17. The van der Waals surface area contributed by atoms with Crippen molar-refractivity contribution in [2.45, 2.75) is 219 Å². The van der Waals surface area contributed by atoms with Crippen molar-refractivity contribution in [2.75, 3.05) is 13.2 Å². The van der Waals surface area contributed by atoms with E-state index in [1.807, 2.05) is 12.2 Å². The van der Waals surface area contributed by atoms with Gasteiger partial charge >= 0.3 is 0 Å². The summed E-state index contributed by atoms with van der Waals surface area (Å²) in [5.74, 6) is 0. The van der Waals surface area contributed by atoms with Gasteiger partial charge in [0.25, 0.3) is 0 Å². The van der Waals surface area contributed by atoms with Crippen molar-refractivity contribution in [3.63, 3.8) is 0 Å². The first-order valence-electron chi connectivity index (χ1n) is 19.5. The number of rotatable bonds is 36. The van der Waals surface area contributed by atoms with E-state index in [1.54, 1.807) is 0 Å². The standard InChI is InChI=1S/C40H78O3/c1-3-5-27-33-39(35-29-23-19-15-11-7-9-13-17-21-25-31-37-41)43-40(34-28-6-4-2)36-30-24-20-16-12-8-10-14-18-22-26-32-38-42/h25-26,31-32,39-42H,3-24,27-30,33-38H2,1-2H3. The highest BCUT2D eigenvalue weighted by Gasteiger charge is 2.16. The first kappa shape index (κ1) is 42.4. The summed E-state index contributed by atoms with van der Waals surface area (Å²) in [6, 6.07) is 0. The number of ether oxygens (including phenoxy) is 1. The zero-order chi connectivity index (χ0) is 31.3. The summed E-state index contributed by atoms with van der Waals surface area (Å²) in [5.41, 5.74) is 0. The zero-order valence-electron chi connectivity index (χ0n) is 29.4. The SMILES string of the molecule is CCCCCC(CCCCCCCCCCCC=CCO)OC(CCCCC)CCCCCCCCCCCC=CCO. The molecule has 0 rings (SSSR count). The Morgan fingerprint density at radius 1 is 0.372 bits per heavy atom. The van der Waals surface area contributed by atoms with Gasteiger partial charge in [-0.2, -0.15) is 0 Å². The van der Waals surface area contributed by atoms with Crippen LogP contribution in [0.4, 0.5) is 0 Å². The third kappa shape index (κ3) is 34.1. The van der Waals surface area contributed by atoms with Crippen LogP contribution in [0, 0.1) is 0 Å². The fourth-order valence-electron chi connectivity index (χ4n) is 6.21. The predicted octanol–water partition coefficient (Wildman–Crippen LogP) is 12.6. The topological polar surface area (TPSA) is 49.7 Å². The minimum Gasteiger partial charge on any atom is -0.392 e. The highest BCUT2D eigenvalue weighted by molar-refractivity contribution is 4.80. The summed E-state index contributed by atoms with van der Waals surface area (Å²) in [4.78, 5) is 0. The summed E-state index contributed by atoms with van der Waals surface area (Å²) < 4.78 is 6.92. The Kier molecular flexibility index (Phi) is 37.0. The highest BCUT2D eigenvalue weighted by Crippen LogP contribution is 2.23. The molecule has 0 fully saturated rings. The van der Waals surface area contributed by atoms with E-state index in [4.69, 9.17) is 14.9 Å². The Labute approximate surface area is 270 Å². The molecule has 2 N–H and O–H groups in total. The van der Waals surface area contributed by atoms with E-state index >= 15 is 0 Å². The molecule has 2 atom stereocenters. The molecular weight excluding hydrogens is 528 g/mol. The van der Waals surface area contributed by atoms with Gasteiger partial charge < -0.3 is 14.9 Å². The molecule has 3 nitrogen and oxygen atoms in total. The van der Waals surface area contributed by atoms with Crippen molar-refractivity contribution in [1.29, 1.82) is 0 Å². The van der Waals surface area contributed by atoms with Crippen LogP contribution in [0.3, 0.4) is 0 Å². The van der Waals surface area contributed by atoms with Crippen LogP contribution in [-0.4, -0.2) is 35.6 Å². The lowest BCUT2D eigenvalue weighted by Crippen LogP contribution is -2.23. The maximum Gasteiger partial charge on any atom is 0.0612 e. The molecule has 0 bridgehead atoms. The lowest BCUT2D eigenvalue weighted by molar-refractivity contribution is -0.0323. The second-order valence-electron chi connectivity index (χ2n) is 13.2. The average molecular weight is 607 g/mol. The van der Waals surface area contributed by atoms with Crippen LogP contribution in [0.1, 0.15) is 206 Å².